The Bertz CT molecular complexity index is 564. The van der Waals surface area contributed by atoms with Crippen molar-refractivity contribution in [1.29, 1.82) is 0 Å². The van der Waals surface area contributed by atoms with Crippen LogP contribution in [0.25, 0.3) is 0 Å². The lowest BCUT2D eigenvalue weighted by molar-refractivity contribution is 0.160. The Morgan fingerprint density at radius 2 is 1.84 bits per heavy atom. The third-order valence-electron chi connectivity index (χ3n) is 5.38. The lowest BCUT2D eigenvalue weighted by atomic mass is 9.96. The summed E-state index contributed by atoms with van der Waals surface area (Å²) in [5.41, 5.74) is 0.994. The Hall–Kier alpha value is -1.44. The minimum absolute atomic E-state index is 0.168. The summed E-state index contributed by atoms with van der Waals surface area (Å²) in [6.07, 6.45) is 2.42. The van der Waals surface area contributed by atoms with Gasteiger partial charge in [-0.25, -0.2) is 4.98 Å². The van der Waals surface area contributed by atoms with Gasteiger partial charge in [-0.2, -0.15) is 4.98 Å². The van der Waals surface area contributed by atoms with Crippen LogP contribution in [0.15, 0.2) is 6.07 Å². The van der Waals surface area contributed by atoms with Crippen LogP contribution in [0.4, 0.5) is 11.8 Å². The van der Waals surface area contributed by atoms with Crippen molar-refractivity contribution in [3.63, 3.8) is 0 Å². The molecule has 3 rings (SSSR count). The maximum Gasteiger partial charge on any atom is 0.227 e. The van der Waals surface area contributed by atoms with Crippen molar-refractivity contribution in [2.45, 2.75) is 19.8 Å². The molecule has 0 saturated carbocycles. The molecule has 140 valence electrons. The number of aromatic nitrogens is 2. The fraction of sp³-hybridized carbons (Fsp3) is 0.778. The van der Waals surface area contributed by atoms with E-state index in [1.54, 1.807) is 0 Å². The fourth-order valence-corrected chi connectivity index (χ4v) is 3.96. The highest BCUT2D eigenvalue weighted by atomic mass is 16.3. The van der Waals surface area contributed by atoms with Gasteiger partial charge in [0.2, 0.25) is 5.95 Å². The average molecular weight is 349 g/mol. The molecule has 1 aromatic rings. The summed E-state index contributed by atoms with van der Waals surface area (Å²) in [5.74, 6) is 2.44. The van der Waals surface area contributed by atoms with Crippen molar-refractivity contribution in [2.75, 3.05) is 69.3 Å². The van der Waals surface area contributed by atoms with Gasteiger partial charge in [0.25, 0.3) is 0 Å². The third kappa shape index (κ3) is 4.40. The number of nitrogens with zero attached hydrogens (tertiary/aromatic N) is 5. The van der Waals surface area contributed by atoms with E-state index in [0.717, 1.165) is 50.2 Å². The standard InChI is InChI=1S/C18H31N5O2/c1-14-9-17(20-18(19-14)22-5-3-4-6-22)23-11-15(16(12-23)13-25)10-21(2)7-8-24/h9,15-16,24-25H,3-8,10-13H2,1-2H3. The normalized spacial score (nSPS) is 23.9. The molecule has 0 aliphatic carbocycles. The van der Waals surface area contributed by atoms with Crippen molar-refractivity contribution >= 4 is 11.8 Å². The SMILES string of the molecule is Cc1cc(N2CC(CO)C(CN(C)CCO)C2)nc(N2CCCC2)n1. The van der Waals surface area contributed by atoms with E-state index in [2.05, 4.69) is 19.7 Å². The summed E-state index contributed by atoms with van der Waals surface area (Å²) in [7, 11) is 2.02. The molecule has 7 nitrogen and oxygen atoms in total. The molecule has 2 atom stereocenters. The number of hydrogen-bond acceptors (Lipinski definition) is 7. The first-order valence-corrected chi connectivity index (χ1v) is 9.36. The highest BCUT2D eigenvalue weighted by Gasteiger charge is 2.34. The van der Waals surface area contributed by atoms with Crippen LogP contribution in [0, 0.1) is 18.8 Å². The number of aliphatic hydroxyl groups excluding tert-OH is 2. The number of rotatable bonds is 7. The molecule has 2 saturated heterocycles. The number of anilines is 2. The average Bonchev–Trinajstić information content (AvgIpc) is 3.24. The number of aliphatic hydroxyl groups is 2. The summed E-state index contributed by atoms with van der Waals surface area (Å²) in [5, 5.41) is 18.9. The molecule has 3 heterocycles. The largest absolute Gasteiger partial charge is 0.396 e. The first-order valence-electron chi connectivity index (χ1n) is 9.36. The molecule has 7 heteroatoms. The molecule has 2 fully saturated rings. The van der Waals surface area contributed by atoms with Crippen LogP contribution in [-0.4, -0.2) is 84.6 Å². The van der Waals surface area contributed by atoms with Crippen LogP contribution >= 0.6 is 0 Å². The molecule has 0 aromatic carbocycles. The fourth-order valence-electron chi connectivity index (χ4n) is 3.96. The minimum Gasteiger partial charge on any atom is -0.396 e. The minimum atomic E-state index is 0.168. The van der Waals surface area contributed by atoms with Crippen molar-refractivity contribution in [3.8, 4) is 0 Å². The summed E-state index contributed by atoms with van der Waals surface area (Å²) >= 11 is 0. The van der Waals surface area contributed by atoms with Gasteiger partial charge < -0.3 is 24.9 Å². The maximum atomic E-state index is 9.79. The van der Waals surface area contributed by atoms with Crippen LogP contribution in [-0.2, 0) is 0 Å². The predicted octanol–water partition coefficient (Wildman–Crippen LogP) is 0.354. The lowest BCUT2D eigenvalue weighted by Gasteiger charge is -2.23. The highest BCUT2D eigenvalue weighted by molar-refractivity contribution is 5.47. The number of hydrogen-bond donors (Lipinski definition) is 2. The number of aryl methyl sites for hydroxylation is 1. The second kappa shape index (κ2) is 8.29. The highest BCUT2D eigenvalue weighted by Crippen LogP contribution is 2.29. The summed E-state index contributed by atoms with van der Waals surface area (Å²) in [4.78, 5) is 16.1. The van der Waals surface area contributed by atoms with Crippen molar-refractivity contribution in [2.24, 2.45) is 11.8 Å². The molecule has 0 amide bonds. The molecule has 0 bridgehead atoms. The van der Waals surface area contributed by atoms with E-state index in [9.17, 15) is 5.11 Å². The van der Waals surface area contributed by atoms with E-state index in [-0.39, 0.29) is 19.1 Å². The van der Waals surface area contributed by atoms with E-state index in [1.165, 1.54) is 12.8 Å². The molecule has 0 spiro atoms. The van der Waals surface area contributed by atoms with E-state index < -0.39 is 0 Å². The van der Waals surface area contributed by atoms with Gasteiger partial charge in [-0.05, 0) is 32.7 Å². The molecule has 2 aliphatic heterocycles. The zero-order valence-electron chi connectivity index (χ0n) is 15.4. The third-order valence-corrected chi connectivity index (χ3v) is 5.38. The summed E-state index contributed by atoms with van der Waals surface area (Å²) in [6, 6.07) is 2.05. The predicted molar refractivity (Wildman–Crippen MR) is 99.1 cm³/mol. The Labute approximate surface area is 150 Å². The molecule has 0 radical (unpaired) electrons. The second-order valence-corrected chi connectivity index (χ2v) is 7.46. The van der Waals surface area contributed by atoms with Gasteiger partial charge in [0.1, 0.15) is 5.82 Å². The van der Waals surface area contributed by atoms with Crippen LogP contribution in [0.3, 0.4) is 0 Å². The Morgan fingerprint density at radius 3 is 2.52 bits per heavy atom. The van der Waals surface area contributed by atoms with Gasteiger partial charge in [-0.15, -0.1) is 0 Å². The van der Waals surface area contributed by atoms with Gasteiger partial charge in [-0.3, -0.25) is 0 Å². The van der Waals surface area contributed by atoms with Crippen LogP contribution < -0.4 is 9.80 Å². The lowest BCUT2D eigenvalue weighted by Crippen LogP contribution is -2.33. The smallest absolute Gasteiger partial charge is 0.227 e. The van der Waals surface area contributed by atoms with E-state index in [4.69, 9.17) is 10.1 Å². The van der Waals surface area contributed by atoms with Crippen molar-refractivity contribution in [3.05, 3.63) is 11.8 Å². The van der Waals surface area contributed by atoms with Crippen LogP contribution in [0.2, 0.25) is 0 Å². The zero-order chi connectivity index (χ0) is 17.8. The molecule has 2 unspecified atom stereocenters. The van der Waals surface area contributed by atoms with E-state index >= 15 is 0 Å². The van der Waals surface area contributed by atoms with E-state index in [1.807, 2.05) is 20.0 Å². The quantitative estimate of drug-likeness (QED) is 0.736. The van der Waals surface area contributed by atoms with Crippen molar-refractivity contribution in [1.82, 2.24) is 14.9 Å². The maximum absolute atomic E-state index is 9.79. The molecular weight excluding hydrogens is 318 g/mol. The van der Waals surface area contributed by atoms with Gasteiger partial charge in [-0.1, -0.05) is 0 Å². The van der Waals surface area contributed by atoms with Crippen molar-refractivity contribution < 1.29 is 10.2 Å². The zero-order valence-corrected chi connectivity index (χ0v) is 15.4. The van der Waals surface area contributed by atoms with Gasteiger partial charge >= 0.3 is 0 Å². The van der Waals surface area contributed by atoms with Crippen LogP contribution in [0.5, 0.6) is 0 Å². The van der Waals surface area contributed by atoms with Crippen LogP contribution in [0.1, 0.15) is 18.5 Å². The molecule has 1 aromatic heterocycles. The summed E-state index contributed by atoms with van der Waals surface area (Å²) in [6.45, 7) is 7.72. The first kappa shape index (κ1) is 18.4. The Kier molecular flexibility index (Phi) is 6.09. The monoisotopic (exact) mass is 349 g/mol. The van der Waals surface area contributed by atoms with Gasteiger partial charge in [0.15, 0.2) is 0 Å². The Morgan fingerprint density at radius 1 is 1.12 bits per heavy atom. The topological polar surface area (TPSA) is 76.0 Å². The molecule has 25 heavy (non-hydrogen) atoms. The molecule has 2 N–H and O–H groups in total. The van der Waals surface area contributed by atoms with E-state index in [0.29, 0.717) is 12.5 Å². The number of likely N-dealkylation sites (N-methyl/N-ethyl adjacent to an activating group) is 1. The Balaban J connectivity index is 1.73. The van der Waals surface area contributed by atoms with Gasteiger partial charge in [0, 0.05) is 63.6 Å². The molecular formula is C18H31N5O2. The van der Waals surface area contributed by atoms with Gasteiger partial charge in [0.05, 0.1) is 6.61 Å². The second-order valence-electron chi connectivity index (χ2n) is 7.46. The summed E-state index contributed by atoms with van der Waals surface area (Å²) < 4.78 is 0. The molecule has 2 aliphatic rings. The first-order chi connectivity index (χ1) is 12.1.